The molecule has 2 N–H and O–H groups in total. The molecule has 1 aromatic rings. The lowest BCUT2D eigenvalue weighted by Gasteiger charge is -2.22. The average Bonchev–Trinajstić information content (AvgIpc) is 2.84. The van der Waals surface area contributed by atoms with E-state index in [1.807, 2.05) is 12.1 Å². The van der Waals surface area contributed by atoms with E-state index in [9.17, 15) is 4.79 Å². The molecule has 1 unspecified atom stereocenters. The third-order valence-electron chi connectivity index (χ3n) is 3.35. The first-order valence-electron chi connectivity index (χ1n) is 6.73. The minimum absolute atomic E-state index is 0.116. The van der Waals surface area contributed by atoms with Crippen molar-refractivity contribution < 1.29 is 14.3 Å². The molecule has 0 aliphatic heterocycles. The zero-order chi connectivity index (χ0) is 13.9. The molecule has 1 atom stereocenters. The van der Waals surface area contributed by atoms with Crippen LogP contribution in [0.3, 0.4) is 0 Å². The second-order valence-electron chi connectivity index (χ2n) is 5.21. The van der Waals surface area contributed by atoms with Gasteiger partial charge in [-0.3, -0.25) is 0 Å². The Hall–Kier alpha value is -1.55. The minimum atomic E-state index is -1.12. The van der Waals surface area contributed by atoms with E-state index < -0.39 is 11.5 Å². The van der Waals surface area contributed by atoms with Crippen LogP contribution in [0.4, 0.5) is 0 Å². The number of hydrogen-bond acceptors (Lipinski definition) is 4. The summed E-state index contributed by atoms with van der Waals surface area (Å²) in [6.45, 7) is 3.82. The van der Waals surface area contributed by atoms with Crippen LogP contribution in [0.15, 0.2) is 18.2 Å². The predicted molar refractivity (Wildman–Crippen MR) is 73.2 cm³/mol. The summed E-state index contributed by atoms with van der Waals surface area (Å²) in [7, 11) is 0. The maximum Gasteiger partial charge on any atom is 0.329 e. The Morgan fingerprint density at radius 1 is 1.37 bits per heavy atom. The van der Waals surface area contributed by atoms with Gasteiger partial charge in [-0.2, -0.15) is 0 Å². The van der Waals surface area contributed by atoms with Gasteiger partial charge < -0.3 is 15.2 Å². The molecule has 0 heterocycles. The number of ether oxygens (including phenoxy) is 2. The first kappa shape index (κ1) is 13.9. The molecular weight excluding hydrogens is 242 g/mol. The summed E-state index contributed by atoms with van der Waals surface area (Å²) in [6, 6.07) is 6.07. The van der Waals surface area contributed by atoms with E-state index in [2.05, 4.69) is 6.07 Å². The van der Waals surface area contributed by atoms with Gasteiger partial charge in [-0.25, -0.2) is 4.79 Å². The van der Waals surface area contributed by atoms with E-state index in [0.29, 0.717) is 6.61 Å². The number of fused-ring (bicyclic) bond motifs is 1. The van der Waals surface area contributed by atoms with Crippen molar-refractivity contribution in [3.8, 4) is 5.75 Å². The molecule has 4 heteroatoms. The fourth-order valence-electron chi connectivity index (χ4n) is 2.23. The van der Waals surface area contributed by atoms with Gasteiger partial charge in [0.25, 0.3) is 0 Å². The Bertz CT molecular complexity index is 468. The highest BCUT2D eigenvalue weighted by Gasteiger charge is 2.31. The zero-order valence-corrected chi connectivity index (χ0v) is 11.6. The Kier molecular flexibility index (Phi) is 4.10. The molecule has 2 rings (SSSR count). The van der Waals surface area contributed by atoms with Crippen molar-refractivity contribution in [1.29, 1.82) is 0 Å². The summed E-state index contributed by atoms with van der Waals surface area (Å²) in [5, 5.41) is 0. The van der Waals surface area contributed by atoms with Crippen molar-refractivity contribution in [2.45, 2.75) is 38.6 Å². The van der Waals surface area contributed by atoms with Gasteiger partial charge in [-0.1, -0.05) is 6.07 Å². The van der Waals surface area contributed by atoms with E-state index >= 15 is 0 Å². The fourth-order valence-corrected chi connectivity index (χ4v) is 2.23. The molecule has 19 heavy (non-hydrogen) atoms. The van der Waals surface area contributed by atoms with Crippen molar-refractivity contribution >= 4 is 5.97 Å². The van der Waals surface area contributed by atoms with Gasteiger partial charge in [0.05, 0.1) is 6.61 Å². The van der Waals surface area contributed by atoms with Crippen molar-refractivity contribution in [3.05, 3.63) is 29.3 Å². The second-order valence-corrected chi connectivity index (χ2v) is 5.21. The van der Waals surface area contributed by atoms with Crippen LogP contribution in [0.2, 0.25) is 0 Å². The monoisotopic (exact) mass is 263 g/mol. The quantitative estimate of drug-likeness (QED) is 0.823. The number of carbonyl (C=O) groups excluding carboxylic acids is 1. The highest BCUT2D eigenvalue weighted by atomic mass is 16.5. The summed E-state index contributed by atoms with van der Waals surface area (Å²) in [6.07, 6.45) is 3.45. The SMILES string of the molecule is CCOC(=O)C(C)(N)COc1ccc2c(c1)CCC2. The fraction of sp³-hybridized carbons (Fsp3) is 0.533. The van der Waals surface area contributed by atoms with Gasteiger partial charge in [-0.05, 0) is 56.4 Å². The van der Waals surface area contributed by atoms with Crippen LogP contribution in [-0.2, 0) is 22.4 Å². The van der Waals surface area contributed by atoms with Crippen molar-refractivity contribution in [3.63, 3.8) is 0 Å². The molecule has 0 saturated heterocycles. The Morgan fingerprint density at radius 2 is 2.11 bits per heavy atom. The van der Waals surface area contributed by atoms with Gasteiger partial charge in [-0.15, -0.1) is 0 Å². The number of carbonyl (C=O) groups is 1. The van der Waals surface area contributed by atoms with Crippen LogP contribution < -0.4 is 10.5 Å². The van der Waals surface area contributed by atoms with Crippen LogP contribution >= 0.6 is 0 Å². The minimum Gasteiger partial charge on any atom is -0.491 e. The standard InChI is InChI=1S/C15H21NO3/c1-3-18-14(17)15(2,16)10-19-13-8-7-11-5-4-6-12(11)9-13/h7-9H,3-6,10,16H2,1-2H3. The molecule has 0 saturated carbocycles. The lowest BCUT2D eigenvalue weighted by atomic mass is 10.1. The molecule has 0 spiro atoms. The molecule has 0 radical (unpaired) electrons. The molecule has 0 amide bonds. The summed E-state index contributed by atoms with van der Waals surface area (Å²) in [5.74, 6) is 0.331. The molecular formula is C15H21NO3. The molecule has 1 aromatic carbocycles. The average molecular weight is 263 g/mol. The molecule has 0 bridgehead atoms. The lowest BCUT2D eigenvalue weighted by Crippen LogP contribution is -2.51. The molecule has 104 valence electrons. The molecule has 0 aromatic heterocycles. The van der Waals surface area contributed by atoms with Gasteiger partial charge in [0, 0.05) is 0 Å². The molecule has 1 aliphatic carbocycles. The van der Waals surface area contributed by atoms with Crippen LogP contribution in [0, 0.1) is 0 Å². The van der Waals surface area contributed by atoms with E-state index in [1.165, 1.54) is 17.5 Å². The van der Waals surface area contributed by atoms with Gasteiger partial charge in [0.1, 0.15) is 17.9 Å². The maximum atomic E-state index is 11.6. The van der Waals surface area contributed by atoms with Gasteiger partial charge >= 0.3 is 5.97 Å². The highest BCUT2D eigenvalue weighted by Crippen LogP contribution is 2.26. The third kappa shape index (κ3) is 3.26. The summed E-state index contributed by atoms with van der Waals surface area (Å²) in [4.78, 5) is 11.6. The number of nitrogens with two attached hydrogens (primary N) is 1. The van der Waals surface area contributed by atoms with E-state index in [1.54, 1.807) is 13.8 Å². The van der Waals surface area contributed by atoms with Gasteiger partial charge in [0.2, 0.25) is 0 Å². The Labute approximate surface area is 113 Å². The summed E-state index contributed by atoms with van der Waals surface area (Å²) < 4.78 is 10.6. The molecule has 1 aliphatic rings. The van der Waals surface area contributed by atoms with Crippen LogP contribution in [0.5, 0.6) is 5.75 Å². The maximum absolute atomic E-state index is 11.6. The highest BCUT2D eigenvalue weighted by molar-refractivity contribution is 5.80. The lowest BCUT2D eigenvalue weighted by molar-refractivity contribution is -0.150. The number of benzene rings is 1. The van der Waals surface area contributed by atoms with Crippen molar-refractivity contribution in [2.75, 3.05) is 13.2 Å². The number of rotatable bonds is 5. The third-order valence-corrected chi connectivity index (χ3v) is 3.35. The van der Waals surface area contributed by atoms with E-state index in [-0.39, 0.29) is 6.61 Å². The smallest absolute Gasteiger partial charge is 0.329 e. The molecule has 0 fully saturated rings. The Balaban J connectivity index is 1.96. The van der Waals surface area contributed by atoms with E-state index in [4.69, 9.17) is 15.2 Å². The van der Waals surface area contributed by atoms with Crippen LogP contribution in [-0.4, -0.2) is 24.7 Å². The molecule has 4 nitrogen and oxygen atoms in total. The summed E-state index contributed by atoms with van der Waals surface area (Å²) >= 11 is 0. The Morgan fingerprint density at radius 3 is 2.84 bits per heavy atom. The first-order chi connectivity index (χ1) is 9.03. The second kappa shape index (κ2) is 5.61. The van der Waals surface area contributed by atoms with Crippen molar-refractivity contribution in [1.82, 2.24) is 0 Å². The van der Waals surface area contributed by atoms with Crippen molar-refractivity contribution in [2.24, 2.45) is 5.73 Å². The topological polar surface area (TPSA) is 61.5 Å². The van der Waals surface area contributed by atoms with Crippen LogP contribution in [0.25, 0.3) is 0 Å². The number of esters is 1. The van der Waals surface area contributed by atoms with Crippen LogP contribution in [0.1, 0.15) is 31.4 Å². The van der Waals surface area contributed by atoms with E-state index in [0.717, 1.165) is 18.6 Å². The zero-order valence-electron chi connectivity index (χ0n) is 11.6. The summed E-state index contributed by atoms with van der Waals surface area (Å²) in [5.41, 5.74) is 7.53. The normalized spacial score (nSPS) is 16.6. The predicted octanol–water partition coefficient (Wildman–Crippen LogP) is 1.83. The van der Waals surface area contributed by atoms with Gasteiger partial charge in [0.15, 0.2) is 0 Å². The number of aryl methyl sites for hydroxylation is 2. The first-order valence-corrected chi connectivity index (χ1v) is 6.73. The largest absolute Gasteiger partial charge is 0.491 e. The number of hydrogen-bond donors (Lipinski definition) is 1.